The van der Waals surface area contributed by atoms with Crippen LogP contribution in [0.1, 0.15) is 24.5 Å². The van der Waals surface area contributed by atoms with Gasteiger partial charge in [-0.25, -0.2) is 0 Å². The van der Waals surface area contributed by atoms with Crippen molar-refractivity contribution in [1.82, 2.24) is 0 Å². The summed E-state index contributed by atoms with van der Waals surface area (Å²) in [5, 5.41) is 15.3. The van der Waals surface area contributed by atoms with Crippen LogP contribution in [-0.2, 0) is 0 Å². The van der Waals surface area contributed by atoms with Gasteiger partial charge in [0.1, 0.15) is 0 Å². The summed E-state index contributed by atoms with van der Waals surface area (Å²) in [6.07, 6.45) is 2.23. The van der Waals surface area contributed by atoms with Crippen molar-refractivity contribution in [3.8, 4) is 0 Å². The summed E-state index contributed by atoms with van der Waals surface area (Å²) < 4.78 is 0. The number of aliphatic hydroxyl groups excluding tert-OH is 1. The van der Waals surface area contributed by atoms with Gasteiger partial charge in [-0.15, -0.1) is 0 Å². The van der Waals surface area contributed by atoms with Gasteiger partial charge in [0.2, 0.25) is 0 Å². The Labute approximate surface area is 154 Å². The topological polar surface area (TPSA) is 20.2 Å². The molecule has 1 N–H and O–H groups in total. The van der Waals surface area contributed by atoms with Crippen molar-refractivity contribution in [3.05, 3.63) is 102 Å². The zero-order valence-electron chi connectivity index (χ0n) is 14.9. The molecule has 1 heteroatoms. The number of benzene rings is 4. The standard InChI is InChI=1S/C25H22O/c1-2-20(26)17-25(23-15-7-11-18-9-3-5-13-21(18)23)24-16-8-12-19-10-4-6-14-22(19)24/h3-17,20,26H,2H2,1H3. The van der Waals surface area contributed by atoms with Crippen LogP contribution in [0.25, 0.3) is 27.1 Å². The van der Waals surface area contributed by atoms with Crippen molar-refractivity contribution in [3.63, 3.8) is 0 Å². The van der Waals surface area contributed by atoms with Crippen molar-refractivity contribution in [2.75, 3.05) is 0 Å². The Morgan fingerprint density at radius 3 is 1.69 bits per heavy atom. The van der Waals surface area contributed by atoms with Crippen molar-refractivity contribution >= 4 is 27.1 Å². The van der Waals surface area contributed by atoms with Crippen LogP contribution >= 0.6 is 0 Å². The van der Waals surface area contributed by atoms with Gasteiger partial charge < -0.3 is 5.11 Å². The lowest BCUT2D eigenvalue weighted by Gasteiger charge is -2.16. The van der Waals surface area contributed by atoms with Crippen LogP contribution < -0.4 is 0 Å². The maximum atomic E-state index is 10.4. The lowest BCUT2D eigenvalue weighted by molar-refractivity contribution is 0.219. The first kappa shape index (κ1) is 16.6. The second-order valence-electron chi connectivity index (χ2n) is 6.61. The molecule has 0 saturated heterocycles. The largest absolute Gasteiger partial charge is 0.389 e. The molecule has 0 aliphatic rings. The average molecular weight is 338 g/mol. The van der Waals surface area contributed by atoms with Gasteiger partial charge in [-0.3, -0.25) is 0 Å². The van der Waals surface area contributed by atoms with Crippen LogP contribution in [0.5, 0.6) is 0 Å². The Balaban J connectivity index is 2.03. The maximum Gasteiger partial charge on any atom is 0.0727 e. The van der Waals surface area contributed by atoms with Gasteiger partial charge in [-0.2, -0.15) is 0 Å². The predicted molar refractivity (Wildman–Crippen MR) is 111 cm³/mol. The van der Waals surface area contributed by atoms with E-state index in [1.807, 2.05) is 13.0 Å². The van der Waals surface area contributed by atoms with E-state index in [4.69, 9.17) is 0 Å². The molecule has 0 spiro atoms. The SMILES string of the molecule is CCC(O)C=C(c1cccc2ccccc12)c1cccc2ccccc12. The molecule has 128 valence electrons. The molecule has 0 amide bonds. The molecule has 0 aromatic heterocycles. The van der Waals surface area contributed by atoms with E-state index in [2.05, 4.69) is 84.9 Å². The molecule has 1 unspecified atom stereocenters. The van der Waals surface area contributed by atoms with E-state index in [1.165, 1.54) is 21.5 Å². The van der Waals surface area contributed by atoms with Gasteiger partial charge in [0.05, 0.1) is 6.10 Å². The summed E-state index contributed by atoms with van der Waals surface area (Å²) >= 11 is 0. The van der Waals surface area contributed by atoms with Crippen LogP contribution in [0, 0.1) is 0 Å². The molecule has 0 radical (unpaired) electrons. The Hall–Kier alpha value is -2.90. The minimum absolute atomic E-state index is 0.470. The number of rotatable bonds is 4. The predicted octanol–water partition coefficient (Wildman–Crippen LogP) is 6.20. The second kappa shape index (κ2) is 7.15. The monoisotopic (exact) mass is 338 g/mol. The van der Waals surface area contributed by atoms with Crippen LogP contribution in [0.2, 0.25) is 0 Å². The van der Waals surface area contributed by atoms with E-state index in [9.17, 15) is 5.11 Å². The van der Waals surface area contributed by atoms with Gasteiger partial charge in [-0.05, 0) is 50.7 Å². The first-order chi connectivity index (χ1) is 12.8. The first-order valence-electron chi connectivity index (χ1n) is 9.14. The molecule has 26 heavy (non-hydrogen) atoms. The Morgan fingerprint density at radius 2 is 1.19 bits per heavy atom. The zero-order valence-corrected chi connectivity index (χ0v) is 14.9. The van der Waals surface area contributed by atoms with Gasteiger partial charge in [-0.1, -0.05) is 91.9 Å². The number of fused-ring (bicyclic) bond motifs is 2. The molecule has 0 aliphatic carbocycles. The lowest BCUT2D eigenvalue weighted by Crippen LogP contribution is -2.02. The van der Waals surface area contributed by atoms with Gasteiger partial charge in [0, 0.05) is 0 Å². The van der Waals surface area contributed by atoms with Gasteiger partial charge >= 0.3 is 0 Å². The third-order valence-electron chi connectivity index (χ3n) is 4.94. The number of aliphatic hydroxyl groups is 1. The summed E-state index contributed by atoms with van der Waals surface area (Å²) in [6, 6.07) is 29.6. The van der Waals surface area contributed by atoms with Crippen LogP contribution in [0.4, 0.5) is 0 Å². The molecule has 0 aliphatic heterocycles. The fourth-order valence-electron chi connectivity index (χ4n) is 3.56. The average Bonchev–Trinajstić information content (AvgIpc) is 2.71. The first-order valence-corrected chi connectivity index (χ1v) is 9.14. The van der Waals surface area contributed by atoms with E-state index in [0.717, 1.165) is 16.7 Å². The van der Waals surface area contributed by atoms with Gasteiger partial charge in [0.15, 0.2) is 0 Å². The molecular weight excluding hydrogens is 316 g/mol. The highest BCUT2D eigenvalue weighted by Gasteiger charge is 2.13. The summed E-state index contributed by atoms with van der Waals surface area (Å²) in [5.41, 5.74) is 3.41. The minimum atomic E-state index is -0.470. The maximum absolute atomic E-state index is 10.4. The molecule has 0 fully saturated rings. The molecular formula is C25H22O. The Morgan fingerprint density at radius 1 is 0.731 bits per heavy atom. The lowest BCUT2D eigenvalue weighted by atomic mass is 9.89. The van der Waals surface area contributed by atoms with Crippen molar-refractivity contribution in [2.45, 2.75) is 19.4 Å². The molecule has 1 atom stereocenters. The molecule has 1 nitrogen and oxygen atoms in total. The van der Waals surface area contributed by atoms with E-state index in [1.54, 1.807) is 0 Å². The Kier molecular flexibility index (Phi) is 4.55. The van der Waals surface area contributed by atoms with E-state index >= 15 is 0 Å². The third-order valence-corrected chi connectivity index (χ3v) is 4.94. The van der Waals surface area contributed by atoms with E-state index < -0.39 is 6.10 Å². The normalized spacial score (nSPS) is 12.2. The molecule has 4 rings (SSSR count). The fraction of sp³-hybridized carbons (Fsp3) is 0.120. The molecule has 0 bridgehead atoms. The number of hydrogen-bond acceptors (Lipinski definition) is 1. The molecule has 0 heterocycles. The van der Waals surface area contributed by atoms with Crippen LogP contribution in [-0.4, -0.2) is 11.2 Å². The smallest absolute Gasteiger partial charge is 0.0727 e. The van der Waals surface area contributed by atoms with Gasteiger partial charge in [0.25, 0.3) is 0 Å². The minimum Gasteiger partial charge on any atom is -0.389 e. The molecule has 4 aromatic carbocycles. The van der Waals surface area contributed by atoms with Crippen LogP contribution in [0.15, 0.2) is 91.0 Å². The van der Waals surface area contributed by atoms with E-state index in [0.29, 0.717) is 6.42 Å². The fourth-order valence-corrected chi connectivity index (χ4v) is 3.56. The molecule has 4 aromatic rings. The summed E-state index contributed by atoms with van der Waals surface area (Å²) in [6.45, 7) is 2.00. The third kappa shape index (κ3) is 3.02. The zero-order chi connectivity index (χ0) is 17.9. The van der Waals surface area contributed by atoms with Crippen LogP contribution in [0.3, 0.4) is 0 Å². The summed E-state index contributed by atoms with van der Waals surface area (Å²) in [7, 11) is 0. The van der Waals surface area contributed by atoms with Crippen molar-refractivity contribution in [1.29, 1.82) is 0 Å². The van der Waals surface area contributed by atoms with E-state index in [-0.39, 0.29) is 0 Å². The second-order valence-corrected chi connectivity index (χ2v) is 6.61. The Bertz CT molecular complexity index is 999. The van der Waals surface area contributed by atoms with Crippen molar-refractivity contribution < 1.29 is 5.11 Å². The molecule has 0 saturated carbocycles. The number of hydrogen-bond donors (Lipinski definition) is 1. The summed E-state index contributed by atoms with van der Waals surface area (Å²) in [5.74, 6) is 0. The highest BCUT2D eigenvalue weighted by molar-refractivity contribution is 6.03. The highest BCUT2D eigenvalue weighted by Crippen LogP contribution is 2.34. The quantitative estimate of drug-likeness (QED) is 0.470. The summed E-state index contributed by atoms with van der Waals surface area (Å²) in [4.78, 5) is 0. The van der Waals surface area contributed by atoms with Crippen molar-refractivity contribution in [2.24, 2.45) is 0 Å². The highest BCUT2D eigenvalue weighted by atomic mass is 16.3.